The van der Waals surface area contributed by atoms with Gasteiger partial charge in [0, 0.05) is 14.3 Å². The van der Waals surface area contributed by atoms with Crippen LogP contribution in [-0.4, -0.2) is 55.4 Å². The minimum Gasteiger partial charge on any atom is -0.490 e. The van der Waals surface area contributed by atoms with Gasteiger partial charge in [-0.25, -0.2) is 0 Å². The molecule has 0 unspecified atom stereocenters. The van der Waals surface area contributed by atoms with Crippen molar-refractivity contribution in [3.05, 3.63) is 29.8 Å². The molecule has 2 saturated carbocycles. The second-order valence-electron chi connectivity index (χ2n) is 8.26. The normalized spacial score (nSPS) is 31.7. The third kappa shape index (κ3) is 3.61. The fourth-order valence-corrected chi connectivity index (χ4v) is 4.04. The Balaban J connectivity index is 0.00000128. The van der Waals surface area contributed by atoms with Gasteiger partial charge in [0.25, 0.3) is 5.91 Å². The molecular weight excluding hydrogens is 360 g/mol. The predicted octanol–water partition coefficient (Wildman–Crippen LogP) is 1.90. The fourth-order valence-electron chi connectivity index (χ4n) is 4.04. The van der Waals surface area contributed by atoms with Crippen molar-refractivity contribution in [2.45, 2.75) is 62.5 Å². The van der Waals surface area contributed by atoms with Gasteiger partial charge in [0.2, 0.25) is 5.91 Å². The molecule has 7 heteroatoms. The minimum atomic E-state index is -0.233. The van der Waals surface area contributed by atoms with E-state index in [-0.39, 0.29) is 51.0 Å². The number of hydrogen-bond acceptors (Lipinski definition) is 5. The molecule has 7 nitrogen and oxygen atoms in total. The van der Waals surface area contributed by atoms with Crippen molar-refractivity contribution in [2.75, 3.05) is 13.2 Å². The van der Waals surface area contributed by atoms with Gasteiger partial charge in [-0.1, -0.05) is 6.07 Å². The van der Waals surface area contributed by atoms with Gasteiger partial charge in [0.15, 0.2) is 0 Å². The van der Waals surface area contributed by atoms with Crippen molar-refractivity contribution in [2.24, 2.45) is 5.92 Å². The smallest absolute Gasteiger partial charge is 0.251 e. The summed E-state index contributed by atoms with van der Waals surface area (Å²) < 4.78 is 17.6. The van der Waals surface area contributed by atoms with Gasteiger partial charge >= 0.3 is 0 Å². The van der Waals surface area contributed by atoms with Crippen LogP contribution in [-0.2, 0) is 14.3 Å². The van der Waals surface area contributed by atoms with E-state index in [1.807, 2.05) is 12.1 Å². The van der Waals surface area contributed by atoms with Crippen LogP contribution in [0, 0.1) is 5.92 Å². The first-order valence-corrected chi connectivity index (χ1v) is 10.3. The summed E-state index contributed by atoms with van der Waals surface area (Å²) in [6.07, 6.45) is 5.13. The number of hydrogen-bond donors (Lipinski definition) is 2. The number of benzene rings is 1. The lowest BCUT2D eigenvalue weighted by Gasteiger charge is -2.26. The maximum Gasteiger partial charge on any atom is 0.251 e. The van der Waals surface area contributed by atoms with Gasteiger partial charge in [-0.15, -0.1) is 0 Å². The highest BCUT2D eigenvalue weighted by Crippen LogP contribution is 2.32. The first kappa shape index (κ1) is 17.9. The molecule has 1 aromatic carbocycles. The molecule has 0 bridgehead atoms. The first-order chi connectivity index (χ1) is 13.7. The second kappa shape index (κ2) is 7.37. The SMILES string of the molecule is O=C(N[C@H]1CO[C@H]2[C@@H]1OC[C@@H]2NC(=O)C1CC1)c1cccc(OC2CCC2)c1.[HH].[HH]. The number of carbonyl (C=O) groups excluding carboxylic acids is 2. The van der Waals surface area contributed by atoms with Crippen molar-refractivity contribution < 1.29 is 26.7 Å². The maximum absolute atomic E-state index is 12.7. The molecule has 1 aromatic rings. The van der Waals surface area contributed by atoms with Crippen LogP contribution in [0.5, 0.6) is 5.75 Å². The molecule has 2 N–H and O–H groups in total. The van der Waals surface area contributed by atoms with E-state index in [0.717, 1.165) is 31.4 Å². The average molecular weight is 390 g/mol. The van der Waals surface area contributed by atoms with Gasteiger partial charge in [-0.3, -0.25) is 9.59 Å². The number of ether oxygens (including phenoxy) is 3. The van der Waals surface area contributed by atoms with Crippen molar-refractivity contribution >= 4 is 11.8 Å². The Labute approximate surface area is 167 Å². The molecule has 4 atom stereocenters. The average Bonchev–Trinajstić information content (AvgIpc) is 3.34. The van der Waals surface area contributed by atoms with Gasteiger partial charge in [-0.05, 0) is 50.3 Å². The van der Waals surface area contributed by atoms with E-state index < -0.39 is 0 Å². The van der Waals surface area contributed by atoms with Crippen LogP contribution in [0.2, 0.25) is 0 Å². The number of nitrogens with one attached hydrogen (secondary N) is 2. The molecule has 0 radical (unpaired) electrons. The Bertz CT molecular complexity index is 772. The summed E-state index contributed by atoms with van der Waals surface area (Å²) in [5.41, 5.74) is 0.567. The van der Waals surface area contributed by atoms with E-state index in [9.17, 15) is 9.59 Å². The molecule has 0 spiro atoms. The van der Waals surface area contributed by atoms with Crippen molar-refractivity contribution in [3.8, 4) is 5.75 Å². The summed E-state index contributed by atoms with van der Waals surface area (Å²) in [6, 6.07) is 6.93. The molecule has 0 aromatic heterocycles. The van der Waals surface area contributed by atoms with Gasteiger partial charge < -0.3 is 24.8 Å². The molecule has 5 rings (SSSR count). The zero-order chi connectivity index (χ0) is 19.1. The standard InChI is InChI=1S/C21H26N2O5.2H2/c24-20(12-7-8-12)22-16-10-26-19-17(11-27-18(16)19)23-21(25)13-3-1-6-15(9-13)28-14-4-2-5-14;;/h1,3,6,9,12,14,16-19H,2,4-5,7-8,10-11H2,(H,22,24)(H,23,25);2*1H/t16-,17-,18+,19+;;/m0../s1. The summed E-state index contributed by atoms with van der Waals surface area (Å²) in [7, 11) is 0. The van der Waals surface area contributed by atoms with Crippen LogP contribution in [0.1, 0.15) is 45.3 Å². The van der Waals surface area contributed by atoms with Crippen molar-refractivity contribution in [3.63, 3.8) is 0 Å². The summed E-state index contributed by atoms with van der Waals surface area (Å²) in [5, 5.41) is 6.06. The van der Waals surface area contributed by atoms with Crippen LogP contribution in [0.4, 0.5) is 0 Å². The lowest BCUT2D eigenvalue weighted by atomic mass is 9.96. The highest BCUT2D eigenvalue weighted by molar-refractivity contribution is 5.94. The molecule has 154 valence electrons. The summed E-state index contributed by atoms with van der Waals surface area (Å²) >= 11 is 0. The Morgan fingerprint density at radius 3 is 2.36 bits per heavy atom. The zero-order valence-corrected chi connectivity index (χ0v) is 15.8. The maximum atomic E-state index is 12.7. The number of carbonyl (C=O) groups is 2. The number of rotatable bonds is 6. The summed E-state index contributed by atoms with van der Waals surface area (Å²) in [5.74, 6) is 0.819. The lowest BCUT2D eigenvalue weighted by molar-refractivity contribution is -0.123. The summed E-state index contributed by atoms with van der Waals surface area (Å²) in [4.78, 5) is 24.7. The quantitative estimate of drug-likeness (QED) is 0.775. The molecule has 2 amide bonds. The number of amides is 2. The predicted molar refractivity (Wildman–Crippen MR) is 104 cm³/mol. The molecular formula is C21H30N2O5. The van der Waals surface area contributed by atoms with Crippen molar-refractivity contribution in [1.82, 2.24) is 10.6 Å². The molecule has 4 fully saturated rings. The Morgan fingerprint density at radius 1 is 1.00 bits per heavy atom. The van der Waals surface area contributed by atoms with Gasteiger partial charge in [0.1, 0.15) is 18.0 Å². The largest absolute Gasteiger partial charge is 0.490 e. The molecule has 28 heavy (non-hydrogen) atoms. The highest BCUT2D eigenvalue weighted by Gasteiger charge is 2.49. The molecule has 2 saturated heterocycles. The van der Waals surface area contributed by atoms with E-state index >= 15 is 0 Å². The molecule has 2 aliphatic heterocycles. The number of fused-ring (bicyclic) bond motifs is 1. The zero-order valence-electron chi connectivity index (χ0n) is 15.8. The van der Waals surface area contributed by atoms with E-state index in [2.05, 4.69) is 10.6 Å². The van der Waals surface area contributed by atoms with E-state index in [1.54, 1.807) is 12.1 Å². The van der Waals surface area contributed by atoms with Gasteiger partial charge in [0.05, 0.1) is 31.4 Å². The van der Waals surface area contributed by atoms with Crippen LogP contribution < -0.4 is 15.4 Å². The van der Waals surface area contributed by atoms with Crippen LogP contribution in [0.15, 0.2) is 24.3 Å². The topological polar surface area (TPSA) is 85.9 Å². The second-order valence-corrected chi connectivity index (χ2v) is 8.26. The highest BCUT2D eigenvalue weighted by atomic mass is 16.6. The summed E-state index contributed by atoms with van der Waals surface area (Å²) in [6.45, 7) is 0.806. The monoisotopic (exact) mass is 390 g/mol. The van der Waals surface area contributed by atoms with E-state index in [1.165, 1.54) is 6.42 Å². The van der Waals surface area contributed by atoms with Crippen LogP contribution >= 0.6 is 0 Å². The molecule has 2 aliphatic carbocycles. The Hall–Kier alpha value is -2.12. The fraction of sp³-hybridized carbons (Fsp3) is 0.619. The van der Waals surface area contributed by atoms with Crippen molar-refractivity contribution in [1.29, 1.82) is 0 Å². The third-order valence-electron chi connectivity index (χ3n) is 6.10. The third-order valence-corrected chi connectivity index (χ3v) is 6.10. The minimum absolute atomic E-state index is 0. The first-order valence-electron chi connectivity index (χ1n) is 10.3. The van der Waals surface area contributed by atoms with Gasteiger partial charge in [-0.2, -0.15) is 0 Å². The van der Waals surface area contributed by atoms with E-state index in [0.29, 0.717) is 18.8 Å². The van der Waals surface area contributed by atoms with E-state index in [4.69, 9.17) is 14.2 Å². The molecule has 4 aliphatic rings. The van der Waals surface area contributed by atoms with Crippen LogP contribution in [0.25, 0.3) is 0 Å². The Kier molecular flexibility index (Phi) is 4.72. The van der Waals surface area contributed by atoms with Crippen LogP contribution in [0.3, 0.4) is 0 Å². The lowest BCUT2D eigenvalue weighted by Crippen LogP contribution is -2.47. The Morgan fingerprint density at radius 2 is 1.71 bits per heavy atom. The molecule has 2 heterocycles.